The number of carbonyl (C=O) groups is 1. The zero-order valence-corrected chi connectivity index (χ0v) is 18.2. The van der Waals surface area contributed by atoms with Crippen LogP contribution in [0.4, 0.5) is 0 Å². The molecule has 0 spiro atoms. The molecule has 0 heterocycles. The lowest BCUT2D eigenvalue weighted by Gasteiger charge is -2.30. The number of hydrogen-bond acceptors (Lipinski definition) is 4. The van der Waals surface area contributed by atoms with Crippen LogP contribution in [0.3, 0.4) is 0 Å². The Morgan fingerprint density at radius 3 is 2.86 bits per heavy atom. The summed E-state index contributed by atoms with van der Waals surface area (Å²) in [6, 6.07) is 6.15. The average molecular weight is 421 g/mol. The number of unbranched alkanes of at least 4 members (excludes halogenated alkanes) is 1. The number of aliphatic hydroxyl groups excluding tert-OH is 2. The number of rotatable bonds is 8. The number of halogens is 1. The fourth-order valence-corrected chi connectivity index (χ4v) is 5.17. The lowest BCUT2D eigenvalue weighted by Crippen LogP contribution is -2.29. The lowest BCUT2D eigenvalue weighted by molar-refractivity contribution is -0.147. The van der Waals surface area contributed by atoms with Crippen LogP contribution in [-0.4, -0.2) is 33.3 Å². The quantitative estimate of drug-likeness (QED) is 0.270. The number of esters is 1. The largest absolute Gasteiger partial charge is 0.463 e. The van der Waals surface area contributed by atoms with Crippen LogP contribution in [-0.2, 0) is 16.0 Å². The molecule has 1 unspecified atom stereocenters. The molecule has 160 valence electrons. The number of alkyl halides is 1. The molecule has 1 saturated carbocycles. The highest BCUT2D eigenvalue weighted by Crippen LogP contribution is 2.50. The van der Waals surface area contributed by atoms with Gasteiger partial charge >= 0.3 is 5.97 Å². The number of aryl methyl sites for hydroxylation is 1. The van der Waals surface area contributed by atoms with Crippen LogP contribution >= 0.6 is 11.6 Å². The molecule has 0 aliphatic heterocycles. The van der Waals surface area contributed by atoms with Crippen molar-refractivity contribution in [3.8, 4) is 0 Å². The first-order valence-corrected chi connectivity index (χ1v) is 11.2. The predicted molar refractivity (Wildman–Crippen MR) is 115 cm³/mol. The van der Waals surface area contributed by atoms with E-state index in [1.54, 1.807) is 0 Å². The summed E-state index contributed by atoms with van der Waals surface area (Å²) in [4.78, 5) is 11.1. The first kappa shape index (κ1) is 22.3. The summed E-state index contributed by atoms with van der Waals surface area (Å²) in [6.45, 7) is 3.71. The van der Waals surface area contributed by atoms with Crippen LogP contribution in [0, 0.1) is 0 Å². The molecule has 0 bridgehead atoms. The molecule has 4 atom stereocenters. The van der Waals surface area contributed by atoms with Gasteiger partial charge in [0.05, 0.1) is 23.2 Å². The Morgan fingerprint density at radius 2 is 2.10 bits per heavy atom. The maximum absolute atomic E-state index is 11.6. The lowest BCUT2D eigenvalue weighted by atomic mass is 9.83. The molecule has 0 saturated heterocycles. The number of ether oxygens (including phenoxy) is 1. The summed E-state index contributed by atoms with van der Waals surface area (Å²) >= 11 is 7.03. The Balaban J connectivity index is 1.57. The van der Waals surface area contributed by atoms with Gasteiger partial charge in [-0.15, -0.1) is 11.6 Å². The minimum absolute atomic E-state index is 0.0673. The van der Waals surface area contributed by atoms with Gasteiger partial charge in [-0.1, -0.05) is 30.4 Å². The Labute approximate surface area is 178 Å². The first-order valence-electron chi connectivity index (χ1n) is 10.8. The number of allylic oxidation sites excluding steroid dienone is 2. The number of hydrogen-bond donors (Lipinski definition) is 2. The molecule has 3 rings (SSSR count). The number of benzene rings is 1. The molecule has 1 fully saturated rings. The van der Waals surface area contributed by atoms with E-state index >= 15 is 0 Å². The van der Waals surface area contributed by atoms with E-state index in [4.69, 9.17) is 16.3 Å². The van der Waals surface area contributed by atoms with Crippen molar-refractivity contribution in [3.05, 3.63) is 47.0 Å². The first-order chi connectivity index (χ1) is 13.8. The van der Waals surface area contributed by atoms with Crippen molar-refractivity contribution in [3.63, 3.8) is 0 Å². The van der Waals surface area contributed by atoms with Crippen molar-refractivity contribution in [2.75, 3.05) is 0 Å². The van der Waals surface area contributed by atoms with E-state index < -0.39 is 11.0 Å². The van der Waals surface area contributed by atoms with E-state index in [0.29, 0.717) is 19.3 Å². The fraction of sp³-hybridized carbons (Fsp3) is 0.625. The molecular weight excluding hydrogens is 388 g/mol. The van der Waals surface area contributed by atoms with Gasteiger partial charge in [-0.3, -0.25) is 4.79 Å². The molecule has 1 aromatic rings. The van der Waals surface area contributed by atoms with Gasteiger partial charge in [0.1, 0.15) is 0 Å². The van der Waals surface area contributed by atoms with Gasteiger partial charge in [-0.25, -0.2) is 0 Å². The molecule has 5 heteroatoms. The van der Waals surface area contributed by atoms with Gasteiger partial charge in [0.25, 0.3) is 0 Å². The Bertz CT molecular complexity index is 744. The molecule has 2 aliphatic carbocycles. The third-order valence-corrected chi connectivity index (χ3v) is 6.69. The van der Waals surface area contributed by atoms with Crippen molar-refractivity contribution < 1.29 is 19.7 Å². The standard InChI is InChI=1S/C24H33ClO4/c1-16(2)29-22(28)7-5-3-4-6-13-24(25)14-12-21(27)23(24)18-8-10-19-17(15-18)9-11-20(19)26/h4,6,8,10,15-16,20-21,23,26-27H,3,5,7,9,11-14H2,1-2H3/b6-4-/t20?,21-,23+,24+/m1/s1. The maximum Gasteiger partial charge on any atom is 0.306 e. The number of fused-ring (bicyclic) bond motifs is 1. The summed E-state index contributed by atoms with van der Waals surface area (Å²) in [5.41, 5.74) is 3.26. The van der Waals surface area contributed by atoms with Crippen LogP contribution in [0.1, 0.15) is 87.5 Å². The van der Waals surface area contributed by atoms with Crippen molar-refractivity contribution in [1.29, 1.82) is 0 Å². The summed E-state index contributed by atoms with van der Waals surface area (Å²) in [5.74, 6) is -0.263. The van der Waals surface area contributed by atoms with Crippen LogP contribution in [0.2, 0.25) is 0 Å². The van der Waals surface area contributed by atoms with Crippen LogP contribution < -0.4 is 0 Å². The number of carbonyl (C=O) groups excluding carboxylic acids is 1. The summed E-state index contributed by atoms with van der Waals surface area (Å²) in [5, 5.41) is 20.7. The second kappa shape index (κ2) is 9.63. The third kappa shape index (κ3) is 5.42. The van der Waals surface area contributed by atoms with E-state index in [1.807, 2.05) is 26.0 Å². The van der Waals surface area contributed by atoms with Crippen LogP contribution in [0.5, 0.6) is 0 Å². The molecule has 0 radical (unpaired) electrons. The molecule has 1 aromatic carbocycles. The molecule has 2 aliphatic rings. The smallest absolute Gasteiger partial charge is 0.306 e. The second-order valence-corrected chi connectivity index (χ2v) is 9.49. The highest BCUT2D eigenvalue weighted by molar-refractivity contribution is 6.25. The van der Waals surface area contributed by atoms with E-state index in [-0.39, 0.29) is 24.1 Å². The van der Waals surface area contributed by atoms with Gasteiger partial charge in [0, 0.05) is 12.3 Å². The monoisotopic (exact) mass is 420 g/mol. The molecule has 4 nitrogen and oxygen atoms in total. The molecule has 2 N–H and O–H groups in total. The minimum atomic E-state index is -0.502. The van der Waals surface area contributed by atoms with Crippen LogP contribution in [0.25, 0.3) is 0 Å². The highest BCUT2D eigenvalue weighted by atomic mass is 35.5. The molecular formula is C24H33ClO4. The maximum atomic E-state index is 11.6. The van der Waals surface area contributed by atoms with Crippen LogP contribution in [0.15, 0.2) is 30.4 Å². The zero-order valence-electron chi connectivity index (χ0n) is 17.4. The average Bonchev–Trinajstić information content (AvgIpc) is 3.17. The van der Waals surface area contributed by atoms with Gasteiger partial charge < -0.3 is 14.9 Å². The Kier molecular flexibility index (Phi) is 7.42. The van der Waals surface area contributed by atoms with Gasteiger partial charge in [-0.2, -0.15) is 0 Å². The minimum Gasteiger partial charge on any atom is -0.463 e. The normalized spacial score (nSPS) is 29.0. The summed E-state index contributed by atoms with van der Waals surface area (Å²) in [7, 11) is 0. The van der Waals surface area contributed by atoms with Crippen molar-refractivity contribution in [1.82, 2.24) is 0 Å². The van der Waals surface area contributed by atoms with Crippen molar-refractivity contribution in [2.24, 2.45) is 0 Å². The fourth-order valence-electron chi connectivity index (χ4n) is 4.70. The van der Waals surface area contributed by atoms with E-state index in [0.717, 1.165) is 43.2 Å². The molecule has 0 aromatic heterocycles. The number of aliphatic hydroxyl groups is 2. The van der Waals surface area contributed by atoms with E-state index in [1.165, 1.54) is 5.56 Å². The SMILES string of the molecule is CC(C)OC(=O)CCC/C=C\C[C@]1(Cl)CC[C@@H](O)[C@@H]1c1ccc2c(c1)CCC2O. The van der Waals surface area contributed by atoms with Crippen molar-refractivity contribution >= 4 is 17.6 Å². The topological polar surface area (TPSA) is 66.8 Å². The predicted octanol–water partition coefficient (Wildman–Crippen LogP) is 4.95. The Morgan fingerprint density at radius 1 is 1.31 bits per heavy atom. The van der Waals surface area contributed by atoms with Gasteiger partial charge in [0.2, 0.25) is 0 Å². The molecule has 0 amide bonds. The van der Waals surface area contributed by atoms with Gasteiger partial charge in [0.15, 0.2) is 0 Å². The van der Waals surface area contributed by atoms with E-state index in [9.17, 15) is 15.0 Å². The van der Waals surface area contributed by atoms with E-state index in [2.05, 4.69) is 18.2 Å². The second-order valence-electron chi connectivity index (χ2n) is 8.74. The summed E-state index contributed by atoms with van der Waals surface area (Å²) < 4.78 is 5.14. The highest BCUT2D eigenvalue weighted by Gasteiger charge is 2.47. The molecule has 29 heavy (non-hydrogen) atoms. The third-order valence-electron chi connectivity index (χ3n) is 6.11. The Hall–Kier alpha value is -1.36. The summed E-state index contributed by atoms with van der Waals surface area (Å²) in [6.07, 6.45) is 9.08. The zero-order chi connectivity index (χ0) is 21.0. The van der Waals surface area contributed by atoms with Crippen molar-refractivity contribution in [2.45, 2.75) is 94.3 Å². The van der Waals surface area contributed by atoms with Gasteiger partial charge in [-0.05, 0) is 75.5 Å².